The van der Waals surface area contributed by atoms with Gasteiger partial charge in [0.25, 0.3) is 0 Å². The number of carbonyl (C=O) groups is 1. The lowest BCUT2D eigenvalue weighted by molar-refractivity contribution is -0.140. The van der Waals surface area contributed by atoms with Crippen LogP contribution in [0.2, 0.25) is 0 Å². The number of hydrogen-bond donors (Lipinski definition) is 2. The molecule has 2 unspecified atom stereocenters. The van der Waals surface area contributed by atoms with Crippen molar-refractivity contribution in [2.75, 3.05) is 0 Å². The van der Waals surface area contributed by atoms with Gasteiger partial charge in [-0.05, 0) is 22.6 Å². The lowest BCUT2D eigenvalue weighted by Gasteiger charge is -2.17. The van der Waals surface area contributed by atoms with Crippen LogP contribution >= 0.6 is 8.03 Å². The Bertz CT molecular complexity index is 617. The summed E-state index contributed by atoms with van der Waals surface area (Å²) in [7, 11) is -2.93. The molecule has 2 aromatic rings. The number of pyridine rings is 1. The molecule has 0 saturated heterocycles. The van der Waals surface area contributed by atoms with Gasteiger partial charge in [0.05, 0.1) is 0 Å². The number of aryl methyl sites for hydroxylation is 1. The zero-order valence-corrected chi connectivity index (χ0v) is 12.1. The maximum atomic E-state index is 11.8. The molecule has 6 heteroatoms. The molecule has 0 fully saturated rings. The molecule has 0 saturated carbocycles. The summed E-state index contributed by atoms with van der Waals surface area (Å²) in [5.74, 6) is -1.29. The molecule has 0 aliphatic carbocycles. The lowest BCUT2D eigenvalue weighted by Crippen LogP contribution is -2.33. The molecule has 2 rings (SSSR count). The standard InChI is InChI=1S/C15H14NO4P/c17-14(18)15(21(19)20,13-6-2-1-3-7-13)9-8-12-5-4-10-16-11-12/h1-7,10-11H,8-9H2,(H-,17,18,19,20)/p+1. The number of aromatic nitrogens is 1. The molecule has 108 valence electrons. The molecule has 1 aromatic carbocycles. The smallest absolute Gasteiger partial charge is 0.477 e. The molecule has 0 spiro atoms. The number of carboxylic acids is 1. The van der Waals surface area contributed by atoms with Crippen LogP contribution in [0.5, 0.6) is 0 Å². The molecule has 0 aliphatic heterocycles. The van der Waals surface area contributed by atoms with Crippen LogP contribution in [-0.2, 0) is 20.9 Å². The van der Waals surface area contributed by atoms with E-state index in [1.807, 2.05) is 6.07 Å². The fraction of sp³-hybridized carbons (Fsp3) is 0.200. The Hall–Kier alpha value is -2.10. The maximum absolute atomic E-state index is 11.8. The number of benzene rings is 1. The Morgan fingerprint density at radius 2 is 1.90 bits per heavy atom. The molecule has 1 heterocycles. The van der Waals surface area contributed by atoms with Crippen LogP contribution < -0.4 is 0 Å². The first-order valence-electron chi connectivity index (χ1n) is 6.41. The van der Waals surface area contributed by atoms with Crippen LogP contribution in [-0.4, -0.2) is 21.0 Å². The first-order chi connectivity index (χ1) is 10.1. The number of nitrogens with zero attached hydrogens (tertiary/aromatic N) is 1. The third-order valence-corrected chi connectivity index (χ3v) is 4.76. The fourth-order valence-electron chi connectivity index (χ4n) is 2.25. The Morgan fingerprint density at radius 1 is 1.19 bits per heavy atom. The van der Waals surface area contributed by atoms with E-state index in [0.29, 0.717) is 12.0 Å². The highest BCUT2D eigenvalue weighted by Gasteiger charge is 2.58. The summed E-state index contributed by atoms with van der Waals surface area (Å²) in [5, 5.41) is 7.77. The van der Waals surface area contributed by atoms with E-state index in [2.05, 4.69) is 4.98 Å². The van der Waals surface area contributed by atoms with Gasteiger partial charge in [0.1, 0.15) is 0 Å². The van der Waals surface area contributed by atoms with E-state index in [4.69, 9.17) is 0 Å². The zero-order valence-electron chi connectivity index (χ0n) is 11.2. The van der Waals surface area contributed by atoms with E-state index in [-0.39, 0.29) is 6.42 Å². The van der Waals surface area contributed by atoms with E-state index in [9.17, 15) is 19.4 Å². The third-order valence-electron chi connectivity index (χ3n) is 3.43. The Kier molecular flexibility index (Phi) is 4.78. The van der Waals surface area contributed by atoms with Crippen molar-refractivity contribution in [3.05, 3.63) is 66.0 Å². The monoisotopic (exact) mass is 304 g/mol. The SMILES string of the molecule is O=C(O)C(CCc1cccnc1)(c1ccccc1)[P+](=O)O. The molecule has 0 bridgehead atoms. The summed E-state index contributed by atoms with van der Waals surface area (Å²) in [4.78, 5) is 25.4. The number of rotatable bonds is 6. The van der Waals surface area contributed by atoms with Crippen molar-refractivity contribution in [3.63, 3.8) is 0 Å². The quantitative estimate of drug-likeness (QED) is 0.801. The second-order valence-electron chi connectivity index (χ2n) is 4.67. The van der Waals surface area contributed by atoms with Crippen LogP contribution in [0.4, 0.5) is 0 Å². The molecule has 0 aliphatic rings. The summed E-state index contributed by atoms with van der Waals surface area (Å²) < 4.78 is 11.8. The highest BCUT2D eigenvalue weighted by atomic mass is 31.1. The summed E-state index contributed by atoms with van der Waals surface area (Å²) >= 11 is 0. The van der Waals surface area contributed by atoms with E-state index in [1.165, 1.54) is 0 Å². The van der Waals surface area contributed by atoms with E-state index < -0.39 is 19.2 Å². The minimum Gasteiger partial charge on any atom is -0.477 e. The van der Waals surface area contributed by atoms with Crippen molar-refractivity contribution in [2.24, 2.45) is 0 Å². The van der Waals surface area contributed by atoms with Gasteiger partial charge in [-0.3, -0.25) is 4.98 Å². The first kappa shape index (κ1) is 15.3. The Morgan fingerprint density at radius 3 is 2.43 bits per heavy atom. The molecular formula is C15H15NO4P+. The van der Waals surface area contributed by atoms with Gasteiger partial charge in [0, 0.05) is 24.4 Å². The van der Waals surface area contributed by atoms with Crippen molar-refractivity contribution in [1.82, 2.24) is 4.98 Å². The van der Waals surface area contributed by atoms with Gasteiger partial charge in [0.15, 0.2) is 0 Å². The van der Waals surface area contributed by atoms with Crippen molar-refractivity contribution in [1.29, 1.82) is 0 Å². The summed E-state index contributed by atoms with van der Waals surface area (Å²) in [5.41, 5.74) is 1.17. The van der Waals surface area contributed by atoms with Gasteiger partial charge in [-0.15, -0.1) is 0 Å². The second-order valence-corrected chi connectivity index (χ2v) is 5.97. The largest absolute Gasteiger partial charge is 0.528 e. The third kappa shape index (κ3) is 3.15. The minimum absolute atomic E-state index is 0.0315. The average molecular weight is 304 g/mol. The summed E-state index contributed by atoms with van der Waals surface area (Å²) in [6, 6.07) is 11.8. The van der Waals surface area contributed by atoms with Gasteiger partial charge in [-0.1, -0.05) is 36.4 Å². The highest BCUT2D eigenvalue weighted by molar-refractivity contribution is 7.41. The van der Waals surface area contributed by atoms with Crippen molar-refractivity contribution >= 4 is 14.0 Å². The molecule has 2 atom stereocenters. The van der Waals surface area contributed by atoms with E-state index in [1.54, 1.807) is 48.8 Å². The van der Waals surface area contributed by atoms with Gasteiger partial charge < -0.3 is 5.11 Å². The minimum atomic E-state index is -2.93. The van der Waals surface area contributed by atoms with Gasteiger partial charge in [-0.25, -0.2) is 4.79 Å². The van der Waals surface area contributed by atoms with Crippen molar-refractivity contribution < 1.29 is 19.4 Å². The predicted octanol–water partition coefficient (Wildman–Crippen LogP) is 2.73. The van der Waals surface area contributed by atoms with Gasteiger partial charge >= 0.3 is 19.2 Å². The van der Waals surface area contributed by atoms with Crippen LogP contribution in [0.1, 0.15) is 17.5 Å². The number of aliphatic carboxylic acids is 1. The van der Waals surface area contributed by atoms with E-state index >= 15 is 0 Å². The molecule has 0 radical (unpaired) electrons. The van der Waals surface area contributed by atoms with Gasteiger partial charge in [0.2, 0.25) is 0 Å². The topological polar surface area (TPSA) is 87.5 Å². The molecular weight excluding hydrogens is 289 g/mol. The summed E-state index contributed by atoms with van der Waals surface area (Å²) in [6.45, 7) is 0. The van der Waals surface area contributed by atoms with E-state index in [0.717, 1.165) is 5.56 Å². The first-order valence-corrected chi connectivity index (χ1v) is 7.62. The summed E-state index contributed by atoms with van der Waals surface area (Å²) in [6.07, 6.45) is 3.64. The molecule has 0 amide bonds. The van der Waals surface area contributed by atoms with Crippen LogP contribution in [0, 0.1) is 0 Å². The maximum Gasteiger partial charge on any atom is 0.528 e. The number of carboxylic acid groups (broad SMARTS) is 1. The van der Waals surface area contributed by atoms with Crippen LogP contribution in [0.25, 0.3) is 0 Å². The Balaban J connectivity index is 2.37. The lowest BCUT2D eigenvalue weighted by atomic mass is 9.91. The molecule has 5 nitrogen and oxygen atoms in total. The number of hydrogen-bond acceptors (Lipinski definition) is 3. The molecule has 2 N–H and O–H groups in total. The zero-order chi connectivity index (χ0) is 15.3. The molecule has 1 aromatic heterocycles. The fourth-order valence-corrected chi connectivity index (χ4v) is 3.08. The van der Waals surface area contributed by atoms with Gasteiger partial charge in [-0.2, -0.15) is 4.89 Å². The highest BCUT2D eigenvalue weighted by Crippen LogP contribution is 2.48. The van der Waals surface area contributed by atoms with Crippen molar-refractivity contribution in [2.45, 2.75) is 18.0 Å². The van der Waals surface area contributed by atoms with Crippen LogP contribution in [0.3, 0.4) is 0 Å². The second kappa shape index (κ2) is 6.57. The molecule has 21 heavy (non-hydrogen) atoms. The Labute approximate surface area is 123 Å². The van der Waals surface area contributed by atoms with Crippen molar-refractivity contribution in [3.8, 4) is 0 Å². The van der Waals surface area contributed by atoms with Crippen LogP contribution in [0.15, 0.2) is 54.9 Å². The normalized spacial score (nSPS) is 14.2. The predicted molar refractivity (Wildman–Crippen MR) is 78.1 cm³/mol. The average Bonchev–Trinajstić information content (AvgIpc) is 2.49.